The Kier molecular flexibility index (Phi) is 4.81. The van der Waals surface area contributed by atoms with Crippen molar-refractivity contribution >= 4 is 5.91 Å². The fourth-order valence-corrected chi connectivity index (χ4v) is 3.61. The van der Waals surface area contributed by atoms with Crippen LogP contribution in [0.3, 0.4) is 0 Å². The van der Waals surface area contributed by atoms with Crippen molar-refractivity contribution < 1.29 is 4.79 Å². The number of amides is 1. The van der Waals surface area contributed by atoms with Gasteiger partial charge in [0.05, 0.1) is 18.3 Å². The van der Waals surface area contributed by atoms with Gasteiger partial charge < -0.3 is 9.80 Å². The van der Waals surface area contributed by atoms with Gasteiger partial charge in [-0.1, -0.05) is 13.8 Å². The maximum absolute atomic E-state index is 12.4. The van der Waals surface area contributed by atoms with Gasteiger partial charge in [-0.25, -0.2) is 0 Å². The fourth-order valence-electron chi connectivity index (χ4n) is 3.61. The summed E-state index contributed by atoms with van der Waals surface area (Å²) < 4.78 is 2.15. The third kappa shape index (κ3) is 3.51. The van der Waals surface area contributed by atoms with Crippen LogP contribution in [0.4, 0.5) is 0 Å². The second kappa shape index (κ2) is 6.82. The van der Waals surface area contributed by atoms with Crippen LogP contribution in [0.5, 0.6) is 0 Å². The number of rotatable bonds is 5. The SMILES string of the molecule is CC(C)CC(=O)N1Cc2ccnn2[C@H](CCN2CCCC2)C1. The van der Waals surface area contributed by atoms with E-state index in [-0.39, 0.29) is 5.91 Å². The highest BCUT2D eigenvalue weighted by atomic mass is 16.2. The van der Waals surface area contributed by atoms with Crippen molar-refractivity contribution in [1.82, 2.24) is 19.6 Å². The van der Waals surface area contributed by atoms with Crippen LogP contribution in [0.2, 0.25) is 0 Å². The fraction of sp³-hybridized carbons (Fsp3) is 0.765. The van der Waals surface area contributed by atoms with Gasteiger partial charge in [-0.05, 0) is 44.3 Å². The molecular formula is C17H28N4O. The number of aromatic nitrogens is 2. The predicted molar refractivity (Wildman–Crippen MR) is 86.4 cm³/mol. The first-order valence-electron chi connectivity index (χ1n) is 8.66. The minimum Gasteiger partial charge on any atom is -0.335 e. The first kappa shape index (κ1) is 15.5. The minimum atomic E-state index is 0.286. The molecule has 0 saturated carbocycles. The van der Waals surface area contributed by atoms with Gasteiger partial charge in [-0.15, -0.1) is 0 Å². The summed E-state index contributed by atoms with van der Waals surface area (Å²) in [6.45, 7) is 9.33. The molecule has 122 valence electrons. The topological polar surface area (TPSA) is 41.4 Å². The van der Waals surface area contributed by atoms with Crippen molar-refractivity contribution in [2.75, 3.05) is 26.2 Å². The summed E-state index contributed by atoms with van der Waals surface area (Å²) in [7, 11) is 0. The zero-order valence-corrected chi connectivity index (χ0v) is 13.9. The van der Waals surface area contributed by atoms with Crippen LogP contribution >= 0.6 is 0 Å². The van der Waals surface area contributed by atoms with Gasteiger partial charge in [0.25, 0.3) is 0 Å². The highest BCUT2D eigenvalue weighted by Crippen LogP contribution is 2.25. The van der Waals surface area contributed by atoms with Crippen molar-refractivity contribution in [2.24, 2.45) is 5.92 Å². The highest BCUT2D eigenvalue weighted by molar-refractivity contribution is 5.76. The van der Waals surface area contributed by atoms with Crippen LogP contribution in [0.25, 0.3) is 0 Å². The van der Waals surface area contributed by atoms with Gasteiger partial charge in [0.15, 0.2) is 0 Å². The van der Waals surface area contributed by atoms with Crippen LogP contribution in [0.1, 0.15) is 51.3 Å². The van der Waals surface area contributed by atoms with Crippen LogP contribution < -0.4 is 0 Å². The maximum atomic E-state index is 12.4. The lowest BCUT2D eigenvalue weighted by atomic mass is 10.1. The van der Waals surface area contributed by atoms with Crippen molar-refractivity contribution in [2.45, 2.75) is 52.1 Å². The second-order valence-electron chi connectivity index (χ2n) is 7.13. The van der Waals surface area contributed by atoms with E-state index in [1.165, 1.54) is 31.6 Å². The summed E-state index contributed by atoms with van der Waals surface area (Å²) >= 11 is 0. The highest BCUT2D eigenvalue weighted by Gasteiger charge is 2.29. The Hall–Kier alpha value is -1.36. The molecule has 0 N–H and O–H groups in total. The Morgan fingerprint density at radius 2 is 2.14 bits per heavy atom. The first-order valence-corrected chi connectivity index (χ1v) is 8.66. The Labute approximate surface area is 133 Å². The minimum absolute atomic E-state index is 0.286. The number of hydrogen-bond acceptors (Lipinski definition) is 3. The molecule has 1 aromatic rings. The normalized spacial score (nSPS) is 22.3. The van der Waals surface area contributed by atoms with Gasteiger partial charge >= 0.3 is 0 Å². The van der Waals surface area contributed by atoms with Crippen molar-refractivity contribution in [1.29, 1.82) is 0 Å². The van der Waals surface area contributed by atoms with Crippen LogP contribution in [-0.2, 0) is 11.3 Å². The first-order chi connectivity index (χ1) is 10.6. The Bertz CT molecular complexity index is 505. The molecule has 5 heteroatoms. The summed E-state index contributed by atoms with van der Waals surface area (Å²) in [6.07, 6.45) is 6.26. The third-order valence-electron chi connectivity index (χ3n) is 4.79. The summed E-state index contributed by atoms with van der Waals surface area (Å²) in [5, 5.41) is 4.50. The lowest BCUT2D eigenvalue weighted by Gasteiger charge is -2.35. The monoisotopic (exact) mass is 304 g/mol. The van der Waals surface area contributed by atoms with E-state index in [0.29, 0.717) is 24.9 Å². The van der Waals surface area contributed by atoms with E-state index >= 15 is 0 Å². The Balaban J connectivity index is 1.65. The van der Waals surface area contributed by atoms with E-state index in [0.717, 1.165) is 19.5 Å². The average Bonchev–Trinajstić information content (AvgIpc) is 3.14. The zero-order chi connectivity index (χ0) is 15.5. The number of nitrogens with zero attached hydrogens (tertiary/aromatic N) is 4. The third-order valence-corrected chi connectivity index (χ3v) is 4.79. The number of likely N-dealkylation sites (tertiary alicyclic amines) is 1. The van der Waals surface area contributed by atoms with Crippen LogP contribution in [0, 0.1) is 5.92 Å². The molecule has 1 amide bonds. The molecule has 1 atom stereocenters. The molecule has 0 aliphatic carbocycles. The number of carbonyl (C=O) groups excluding carboxylic acids is 1. The molecule has 0 radical (unpaired) electrons. The number of hydrogen-bond donors (Lipinski definition) is 0. The number of carbonyl (C=O) groups is 1. The van der Waals surface area contributed by atoms with Gasteiger partial charge in [-0.3, -0.25) is 9.48 Å². The summed E-state index contributed by atoms with van der Waals surface area (Å²) in [4.78, 5) is 17.0. The Morgan fingerprint density at radius 3 is 2.86 bits per heavy atom. The van der Waals surface area contributed by atoms with Gasteiger partial charge in [-0.2, -0.15) is 5.10 Å². The molecule has 2 aliphatic rings. The quantitative estimate of drug-likeness (QED) is 0.838. The second-order valence-corrected chi connectivity index (χ2v) is 7.13. The summed E-state index contributed by atoms with van der Waals surface area (Å²) in [5.74, 6) is 0.705. The smallest absolute Gasteiger partial charge is 0.223 e. The van der Waals surface area contributed by atoms with E-state index in [9.17, 15) is 4.79 Å². The van der Waals surface area contributed by atoms with E-state index in [4.69, 9.17) is 0 Å². The molecule has 0 unspecified atom stereocenters. The molecule has 1 aromatic heterocycles. The molecule has 3 rings (SSSR count). The average molecular weight is 304 g/mol. The van der Waals surface area contributed by atoms with E-state index in [2.05, 4.69) is 34.6 Å². The lowest BCUT2D eigenvalue weighted by molar-refractivity contribution is -0.134. The Morgan fingerprint density at radius 1 is 1.36 bits per heavy atom. The summed E-state index contributed by atoms with van der Waals surface area (Å²) in [5.41, 5.74) is 1.18. The van der Waals surface area contributed by atoms with Crippen LogP contribution in [-0.4, -0.2) is 51.7 Å². The maximum Gasteiger partial charge on any atom is 0.223 e. The van der Waals surface area contributed by atoms with Gasteiger partial charge in [0, 0.05) is 25.7 Å². The molecule has 0 aromatic carbocycles. The molecule has 2 aliphatic heterocycles. The zero-order valence-electron chi connectivity index (χ0n) is 13.9. The standard InChI is InChI=1S/C17H28N4O/c1-14(2)11-17(22)20-12-15-5-7-18-21(15)16(13-20)6-10-19-8-3-4-9-19/h5,7,14,16H,3-4,6,8-13H2,1-2H3/t16-/m1/s1. The molecule has 22 heavy (non-hydrogen) atoms. The molecule has 0 spiro atoms. The van der Waals surface area contributed by atoms with Crippen molar-refractivity contribution in [3.8, 4) is 0 Å². The van der Waals surface area contributed by atoms with Gasteiger partial charge in [0.2, 0.25) is 5.91 Å². The van der Waals surface area contributed by atoms with Crippen molar-refractivity contribution in [3.05, 3.63) is 18.0 Å². The molecule has 1 fully saturated rings. The molecule has 1 saturated heterocycles. The van der Waals surface area contributed by atoms with Gasteiger partial charge in [0.1, 0.15) is 0 Å². The molecular weight excluding hydrogens is 276 g/mol. The lowest BCUT2D eigenvalue weighted by Crippen LogP contribution is -2.42. The van der Waals surface area contributed by atoms with E-state index in [1.54, 1.807) is 0 Å². The van der Waals surface area contributed by atoms with Crippen LogP contribution in [0.15, 0.2) is 12.3 Å². The van der Waals surface area contributed by atoms with E-state index in [1.807, 2.05) is 11.1 Å². The largest absolute Gasteiger partial charge is 0.335 e. The molecule has 5 nitrogen and oxygen atoms in total. The van der Waals surface area contributed by atoms with E-state index < -0.39 is 0 Å². The summed E-state index contributed by atoms with van der Waals surface area (Å²) in [6, 6.07) is 2.38. The predicted octanol–water partition coefficient (Wildman–Crippen LogP) is 2.30. The molecule has 3 heterocycles. The number of fused-ring (bicyclic) bond motifs is 1. The molecule has 0 bridgehead atoms. The van der Waals surface area contributed by atoms with Crippen molar-refractivity contribution in [3.63, 3.8) is 0 Å².